The van der Waals surface area contributed by atoms with Crippen molar-refractivity contribution in [2.45, 2.75) is 91.4 Å². The number of carbonyl (C=O) groups is 4. The zero-order valence-electron chi connectivity index (χ0n) is 34.7. The van der Waals surface area contributed by atoms with Gasteiger partial charge in [0, 0.05) is 12.5 Å². The molecule has 5 atom stereocenters. The lowest BCUT2D eigenvalue weighted by Gasteiger charge is -2.35. The fraction of sp³-hybridized carbons (Fsp3) is 0.455. The number of fused-ring (bicyclic) bond motifs is 5. The number of ether oxygens (including phenoxy) is 3. The van der Waals surface area contributed by atoms with Gasteiger partial charge in [0.05, 0.1) is 69.8 Å². The first-order valence-corrected chi connectivity index (χ1v) is 20.3. The van der Waals surface area contributed by atoms with Gasteiger partial charge < -0.3 is 44.6 Å². The van der Waals surface area contributed by atoms with E-state index < -0.39 is 24.3 Å². The van der Waals surface area contributed by atoms with E-state index in [0.717, 1.165) is 57.6 Å². The number of nitrogens with one attached hydrogen (secondary N) is 4. The molecule has 1 saturated heterocycles. The molecule has 59 heavy (non-hydrogen) atoms. The van der Waals surface area contributed by atoms with E-state index in [1.807, 2.05) is 45.7 Å². The summed E-state index contributed by atoms with van der Waals surface area (Å²) in [5, 5.41) is 5.42. The Kier molecular flexibility index (Phi) is 12.2. The summed E-state index contributed by atoms with van der Waals surface area (Å²) >= 11 is 0. The molecule has 0 unspecified atom stereocenters. The molecule has 2 aliphatic heterocycles. The van der Waals surface area contributed by atoms with Gasteiger partial charge in [-0.25, -0.2) is 19.6 Å². The van der Waals surface area contributed by atoms with Crippen LogP contribution in [0.2, 0.25) is 0 Å². The van der Waals surface area contributed by atoms with Gasteiger partial charge in [-0.1, -0.05) is 71.0 Å². The maximum absolute atomic E-state index is 14.0. The maximum Gasteiger partial charge on any atom is 0.407 e. The molecule has 1 aliphatic carbocycles. The van der Waals surface area contributed by atoms with Gasteiger partial charge in [-0.2, -0.15) is 0 Å². The molecular weight excluding hydrogens is 753 g/mol. The third-order valence-corrected chi connectivity index (χ3v) is 11.5. The number of aromatic nitrogens is 4. The molecule has 2 aromatic carbocycles. The zero-order chi connectivity index (χ0) is 42.0. The molecule has 3 aliphatic rings. The molecule has 4 N–H and O–H groups in total. The highest BCUT2D eigenvalue weighted by Crippen LogP contribution is 2.46. The summed E-state index contributed by atoms with van der Waals surface area (Å²) in [6, 6.07) is 10.8. The zero-order valence-corrected chi connectivity index (χ0v) is 34.7. The number of imidazole rings is 2. The molecule has 4 aromatic rings. The standard InChI is InChI=1S/C44H54N8O7/c1-8-15-51(41(53)37(24(2)3)49-43(55)57-6)21-36-45-19-34(47-36)26-10-13-32-29(16-26)22-59-23-30-17-27(11-14-33(30)32)35-20-46-40(48-35)39-28-9-12-31(18-28)52(39)42(54)38(25(4)5)50-44(56)58-7/h9-14,16-17,19-20,24-25,28,31,37-39H,8,15,18,21-23H2,1-7H3,(H,45,47)(H,46,48)(H,49,55)(H,50,56)/t28-,31+,37-,38-,39-/m0/s1. The smallest absolute Gasteiger partial charge is 0.407 e. The number of hydrogen-bond acceptors (Lipinski definition) is 9. The Morgan fingerprint density at radius 3 is 2.03 bits per heavy atom. The maximum atomic E-state index is 14.0. The second kappa shape index (κ2) is 17.5. The molecule has 4 amide bonds. The van der Waals surface area contributed by atoms with Gasteiger partial charge in [0.1, 0.15) is 23.7 Å². The molecule has 0 spiro atoms. The summed E-state index contributed by atoms with van der Waals surface area (Å²) in [4.78, 5) is 71.6. The number of carbonyl (C=O) groups excluding carboxylic acids is 4. The van der Waals surface area contributed by atoms with Gasteiger partial charge in [0.15, 0.2) is 0 Å². The Morgan fingerprint density at radius 1 is 0.847 bits per heavy atom. The summed E-state index contributed by atoms with van der Waals surface area (Å²) in [5.74, 6) is 0.846. The molecule has 312 valence electrons. The Balaban J connectivity index is 1.08. The lowest BCUT2D eigenvalue weighted by molar-refractivity contribution is -0.137. The molecule has 2 aromatic heterocycles. The Hall–Kier alpha value is -5.96. The second-order valence-corrected chi connectivity index (χ2v) is 16.2. The number of nitrogens with zero attached hydrogens (tertiary/aromatic N) is 4. The summed E-state index contributed by atoms with van der Waals surface area (Å²) in [5.41, 5.74) is 7.81. The molecule has 2 bridgehead atoms. The van der Waals surface area contributed by atoms with Crippen LogP contribution >= 0.6 is 0 Å². The van der Waals surface area contributed by atoms with E-state index in [1.54, 1.807) is 11.1 Å². The minimum Gasteiger partial charge on any atom is -0.453 e. The van der Waals surface area contributed by atoms with Crippen molar-refractivity contribution in [2.24, 2.45) is 17.8 Å². The average molecular weight is 807 g/mol. The second-order valence-electron chi connectivity index (χ2n) is 16.2. The van der Waals surface area contributed by atoms with Crippen LogP contribution in [0.1, 0.15) is 76.3 Å². The molecule has 0 radical (unpaired) electrons. The highest BCUT2D eigenvalue weighted by molar-refractivity contribution is 5.87. The van der Waals surface area contributed by atoms with Crippen LogP contribution in [-0.2, 0) is 43.6 Å². The molecule has 15 heteroatoms. The van der Waals surface area contributed by atoms with Crippen molar-refractivity contribution in [1.82, 2.24) is 40.4 Å². The number of alkyl carbamates (subject to hydrolysis) is 2. The van der Waals surface area contributed by atoms with Crippen molar-refractivity contribution in [1.29, 1.82) is 0 Å². The lowest BCUT2D eigenvalue weighted by atomic mass is 9.93. The SMILES string of the molecule is CCCN(Cc1ncc(-c2ccc3c(c2)COCc2cc(-c4cnc([C@@H]5[C@H]6C=C[C@H](C6)N5C(=O)[C@@H](NC(=O)OC)C(C)C)[nH]4)ccc2-3)[nH]1)C(=O)[C@@H](NC(=O)OC)C(C)C. The third-order valence-electron chi connectivity index (χ3n) is 11.5. The first-order chi connectivity index (χ1) is 28.4. The predicted octanol–water partition coefficient (Wildman–Crippen LogP) is 6.49. The van der Waals surface area contributed by atoms with E-state index in [9.17, 15) is 19.2 Å². The molecule has 1 fully saturated rings. The van der Waals surface area contributed by atoms with Crippen molar-refractivity contribution >= 4 is 24.0 Å². The van der Waals surface area contributed by atoms with Crippen molar-refractivity contribution in [3.63, 3.8) is 0 Å². The van der Waals surface area contributed by atoms with E-state index in [4.69, 9.17) is 19.2 Å². The van der Waals surface area contributed by atoms with Crippen molar-refractivity contribution in [2.75, 3.05) is 20.8 Å². The van der Waals surface area contributed by atoms with Gasteiger partial charge in [-0.05, 0) is 70.2 Å². The highest BCUT2D eigenvalue weighted by atomic mass is 16.5. The largest absolute Gasteiger partial charge is 0.453 e. The normalized spacial score (nSPS) is 18.9. The summed E-state index contributed by atoms with van der Waals surface area (Å²) in [6.07, 6.45) is 8.10. The quantitative estimate of drug-likeness (QED) is 0.110. The molecule has 4 heterocycles. The molecule has 0 saturated carbocycles. The van der Waals surface area contributed by atoms with Crippen LogP contribution in [-0.4, -0.2) is 92.6 Å². The van der Waals surface area contributed by atoms with E-state index >= 15 is 0 Å². The summed E-state index contributed by atoms with van der Waals surface area (Å²) < 4.78 is 15.8. The Bertz CT molecular complexity index is 2230. The van der Waals surface area contributed by atoms with Gasteiger partial charge in [-0.3, -0.25) is 9.59 Å². The van der Waals surface area contributed by atoms with E-state index in [0.29, 0.717) is 31.4 Å². The first-order valence-electron chi connectivity index (χ1n) is 20.3. The van der Waals surface area contributed by atoms with Gasteiger partial charge in [0.25, 0.3) is 0 Å². The predicted molar refractivity (Wildman–Crippen MR) is 220 cm³/mol. The van der Waals surface area contributed by atoms with Gasteiger partial charge in [0.2, 0.25) is 11.8 Å². The van der Waals surface area contributed by atoms with Crippen LogP contribution in [0.4, 0.5) is 9.59 Å². The number of rotatable bonds is 13. The number of methoxy groups -OCH3 is 2. The van der Waals surface area contributed by atoms with E-state index in [2.05, 4.69) is 74.1 Å². The van der Waals surface area contributed by atoms with Crippen LogP contribution in [0.5, 0.6) is 0 Å². The number of hydrogen-bond donors (Lipinski definition) is 4. The van der Waals surface area contributed by atoms with Crippen LogP contribution in [0.25, 0.3) is 33.6 Å². The number of amides is 4. The molecule has 15 nitrogen and oxygen atoms in total. The fourth-order valence-electron chi connectivity index (χ4n) is 8.45. The van der Waals surface area contributed by atoms with E-state index in [-0.39, 0.29) is 48.2 Å². The van der Waals surface area contributed by atoms with Crippen LogP contribution in [0.15, 0.2) is 60.9 Å². The van der Waals surface area contributed by atoms with Crippen LogP contribution < -0.4 is 10.6 Å². The van der Waals surface area contributed by atoms with Crippen LogP contribution in [0, 0.1) is 17.8 Å². The van der Waals surface area contributed by atoms with E-state index in [1.165, 1.54) is 14.2 Å². The third kappa shape index (κ3) is 8.47. The summed E-state index contributed by atoms with van der Waals surface area (Å²) in [6.45, 7) is 11.2. The minimum atomic E-state index is -0.728. The number of H-pyrrole nitrogens is 2. The highest BCUT2D eigenvalue weighted by Gasteiger charge is 2.49. The fourth-order valence-corrected chi connectivity index (χ4v) is 8.45. The Morgan fingerprint density at radius 2 is 1.44 bits per heavy atom. The van der Waals surface area contributed by atoms with Crippen LogP contribution in [0.3, 0.4) is 0 Å². The summed E-state index contributed by atoms with van der Waals surface area (Å²) in [7, 11) is 2.57. The average Bonchev–Trinajstić information content (AvgIpc) is 4.05. The van der Waals surface area contributed by atoms with Gasteiger partial charge in [-0.15, -0.1) is 0 Å². The number of benzene rings is 2. The van der Waals surface area contributed by atoms with Crippen molar-refractivity contribution in [3.05, 3.63) is 83.7 Å². The first kappa shape index (κ1) is 41.2. The molecule has 7 rings (SSSR count). The lowest BCUT2D eigenvalue weighted by Crippen LogP contribution is -2.53. The number of likely N-dealkylation sites (tertiary alicyclic amines) is 1. The monoisotopic (exact) mass is 806 g/mol. The van der Waals surface area contributed by atoms with Crippen molar-refractivity contribution in [3.8, 4) is 33.6 Å². The Labute approximate surface area is 344 Å². The van der Waals surface area contributed by atoms with Crippen molar-refractivity contribution < 1.29 is 33.4 Å². The number of aromatic amines is 2. The molecular formula is C44H54N8O7. The minimum absolute atomic E-state index is 0.0695. The van der Waals surface area contributed by atoms with Gasteiger partial charge >= 0.3 is 12.2 Å². The topological polar surface area (TPSA) is 184 Å².